The van der Waals surface area contributed by atoms with E-state index in [2.05, 4.69) is 15.9 Å². The second-order valence-electron chi connectivity index (χ2n) is 8.35. The Balaban J connectivity index is 2.20. The van der Waals surface area contributed by atoms with E-state index in [1.807, 2.05) is 0 Å². The van der Waals surface area contributed by atoms with Crippen molar-refractivity contribution in [1.29, 1.82) is 0 Å². The smallest absolute Gasteiger partial charge is 0.489 e. The molecule has 3 aromatic carbocycles. The Morgan fingerprint density at radius 1 is 0.605 bits per heavy atom. The van der Waals surface area contributed by atoms with Gasteiger partial charge in [-0.25, -0.2) is 26.3 Å². The molecule has 0 aromatic heterocycles. The predicted molar refractivity (Wildman–Crippen MR) is 116 cm³/mol. The van der Waals surface area contributed by atoms with Gasteiger partial charge in [-0.1, -0.05) is 18.7 Å². The highest BCUT2D eigenvalue weighted by molar-refractivity contribution is 6.39. The third-order valence-electron chi connectivity index (χ3n) is 4.96. The van der Waals surface area contributed by atoms with Crippen LogP contribution in [0.2, 0.25) is 0 Å². The molecular formula is C23H15BF10NO3+. The van der Waals surface area contributed by atoms with Crippen LogP contribution in [0.25, 0.3) is 6.08 Å². The van der Waals surface area contributed by atoms with Gasteiger partial charge in [-0.2, -0.15) is 17.6 Å². The largest absolute Gasteiger partial charge is 0.864 e. The number of hydrogen-bond acceptors (Lipinski definition) is 3. The van der Waals surface area contributed by atoms with Gasteiger partial charge in [0.25, 0.3) is 0 Å². The van der Waals surface area contributed by atoms with Gasteiger partial charge < -0.3 is 14.0 Å². The highest BCUT2D eigenvalue weighted by Crippen LogP contribution is 2.35. The molecule has 0 fully saturated rings. The summed E-state index contributed by atoms with van der Waals surface area (Å²) in [5.41, 5.74) is 0.593. The molecule has 3 rings (SSSR count). The van der Waals surface area contributed by atoms with Crippen molar-refractivity contribution in [2.75, 3.05) is 21.1 Å². The van der Waals surface area contributed by atoms with Crippen molar-refractivity contribution in [3.8, 4) is 17.2 Å². The summed E-state index contributed by atoms with van der Waals surface area (Å²) in [5.74, 6) is -29.6. The van der Waals surface area contributed by atoms with Gasteiger partial charge in [0, 0.05) is 0 Å². The average molecular weight is 554 g/mol. The molecule has 202 valence electrons. The summed E-state index contributed by atoms with van der Waals surface area (Å²) >= 11 is 0. The maximum atomic E-state index is 14.3. The zero-order valence-electron chi connectivity index (χ0n) is 19.5. The monoisotopic (exact) mass is 554 g/mol. The Kier molecular flexibility index (Phi) is 7.91. The van der Waals surface area contributed by atoms with Crippen LogP contribution < -0.4 is 18.4 Å². The molecule has 0 aliphatic rings. The maximum Gasteiger partial charge on any atom is 0.864 e. The fourth-order valence-electron chi connectivity index (χ4n) is 3.17. The van der Waals surface area contributed by atoms with Crippen LogP contribution in [0.3, 0.4) is 0 Å². The first-order valence-corrected chi connectivity index (χ1v) is 10.2. The molecule has 0 unspecified atom stereocenters. The van der Waals surface area contributed by atoms with Crippen LogP contribution >= 0.6 is 0 Å². The molecule has 0 heterocycles. The van der Waals surface area contributed by atoms with Crippen molar-refractivity contribution in [3.63, 3.8) is 0 Å². The lowest BCUT2D eigenvalue weighted by Gasteiger charge is -2.27. The summed E-state index contributed by atoms with van der Waals surface area (Å²) in [6.07, 6.45) is 1.21. The first-order chi connectivity index (χ1) is 17.6. The summed E-state index contributed by atoms with van der Waals surface area (Å²) < 4.78 is 153. The summed E-state index contributed by atoms with van der Waals surface area (Å²) in [7, 11) is 2.21. The molecule has 0 aliphatic heterocycles. The predicted octanol–water partition coefficient (Wildman–Crippen LogP) is 6.44. The summed E-state index contributed by atoms with van der Waals surface area (Å²) in [4.78, 5) is 0. The molecule has 0 saturated carbocycles. The van der Waals surface area contributed by atoms with Crippen molar-refractivity contribution < 1.29 is 57.9 Å². The zero-order chi connectivity index (χ0) is 28.7. The van der Waals surface area contributed by atoms with Gasteiger partial charge in [0.1, 0.15) is 11.4 Å². The van der Waals surface area contributed by atoms with E-state index < -0.39 is 77.0 Å². The first kappa shape index (κ1) is 28.7. The van der Waals surface area contributed by atoms with Crippen molar-refractivity contribution in [3.05, 3.63) is 88.5 Å². The molecule has 15 heteroatoms. The highest BCUT2D eigenvalue weighted by atomic mass is 19.2. The minimum atomic E-state index is -2.88. The molecule has 0 spiro atoms. The molecule has 0 N–H and O–H groups in total. The zero-order valence-corrected chi connectivity index (χ0v) is 19.5. The Bertz CT molecular complexity index is 1300. The van der Waals surface area contributed by atoms with Crippen LogP contribution in [0.4, 0.5) is 49.6 Å². The van der Waals surface area contributed by atoms with E-state index in [4.69, 9.17) is 4.65 Å². The summed E-state index contributed by atoms with van der Waals surface area (Å²) in [6, 6.07) is 4.11. The Labute approximate surface area is 209 Å². The van der Waals surface area contributed by atoms with Gasteiger partial charge in [-0.15, -0.1) is 0 Å². The second kappa shape index (κ2) is 10.5. The lowest BCUT2D eigenvalue weighted by molar-refractivity contribution is 0.260. The molecular weight excluding hydrogens is 539 g/mol. The molecule has 0 radical (unpaired) electrons. The Hall–Kier alpha value is -3.88. The lowest BCUT2D eigenvalue weighted by atomic mass is 10.1. The summed E-state index contributed by atoms with van der Waals surface area (Å²) in [5, 5.41) is 0. The van der Waals surface area contributed by atoms with E-state index in [1.54, 1.807) is 27.2 Å². The van der Waals surface area contributed by atoms with Crippen molar-refractivity contribution in [1.82, 2.24) is 4.48 Å². The summed E-state index contributed by atoms with van der Waals surface area (Å²) in [6.45, 7) is 3.57. The minimum absolute atomic E-state index is 0.111. The molecule has 3 aromatic rings. The van der Waals surface area contributed by atoms with E-state index in [0.717, 1.165) is 6.07 Å². The van der Waals surface area contributed by atoms with Crippen molar-refractivity contribution >= 4 is 19.1 Å². The molecule has 0 atom stereocenters. The molecule has 4 nitrogen and oxygen atoms in total. The van der Waals surface area contributed by atoms with E-state index >= 15 is 0 Å². The number of halogens is 10. The number of nitrogens with zero attached hydrogens (tertiary/aromatic N) is 1. The van der Waals surface area contributed by atoms with E-state index in [9.17, 15) is 43.9 Å². The van der Waals surface area contributed by atoms with Gasteiger partial charge in [-0.05, 0) is 12.1 Å². The third kappa shape index (κ3) is 5.10. The number of benzene rings is 3. The van der Waals surface area contributed by atoms with Crippen molar-refractivity contribution in [2.24, 2.45) is 0 Å². The van der Waals surface area contributed by atoms with Crippen LogP contribution in [0.15, 0.2) is 24.8 Å². The third-order valence-corrected chi connectivity index (χ3v) is 4.96. The molecule has 0 saturated heterocycles. The van der Waals surface area contributed by atoms with Crippen molar-refractivity contribution in [2.45, 2.75) is 0 Å². The topological polar surface area (TPSA) is 27.7 Å². The highest BCUT2D eigenvalue weighted by Gasteiger charge is 2.40. The molecule has 0 amide bonds. The van der Waals surface area contributed by atoms with Gasteiger partial charge in [0.05, 0.1) is 26.7 Å². The number of hydrogen-bond donors (Lipinski definition) is 0. The quantitative estimate of drug-likeness (QED) is 0.106. The Morgan fingerprint density at radius 2 is 0.974 bits per heavy atom. The normalized spacial score (nSPS) is 11.4. The van der Waals surface area contributed by atoms with Crippen LogP contribution in [0.5, 0.6) is 17.2 Å². The molecule has 0 aliphatic carbocycles. The van der Waals surface area contributed by atoms with Gasteiger partial charge >= 0.3 is 7.32 Å². The molecule has 0 bridgehead atoms. The first-order valence-electron chi connectivity index (χ1n) is 10.2. The number of quaternary nitrogens is 1. The lowest BCUT2D eigenvalue weighted by Crippen LogP contribution is -2.39. The van der Waals surface area contributed by atoms with Crippen LogP contribution in [-0.2, 0) is 0 Å². The fourth-order valence-corrected chi connectivity index (χ4v) is 3.17. The SMILES string of the molecule is C=Cc1c(OB(Oc2c(F)c(F)c(F)c(F)c2F)Oc2c(F)c(F)c(F)c(F)c2F)cccc1[N+](C)(C)C. The van der Waals surface area contributed by atoms with Crippen LogP contribution in [0, 0.1) is 58.2 Å². The number of rotatable bonds is 8. The van der Waals surface area contributed by atoms with E-state index in [1.165, 1.54) is 12.1 Å². The average Bonchev–Trinajstić information content (AvgIpc) is 2.88. The van der Waals surface area contributed by atoms with Crippen LogP contribution in [0.1, 0.15) is 5.56 Å². The fraction of sp³-hybridized carbons (Fsp3) is 0.130. The van der Waals surface area contributed by atoms with Crippen LogP contribution in [-0.4, -0.2) is 28.5 Å². The van der Waals surface area contributed by atoms with Gasteiger partial charge in [0.2, 0.25) is 58.2 Å². The van der Waals surface area contributed by atoms with E-state index in [-0.39, 0.29) is 15.8 Å². The Morgan fingerprint density at radius 3 is 1.32 bits per heavy atom. The minimum Gasteiger partial charge on any atom is -0.489 e. The van der Waals surface area contributed by atoms with E-state index in [0.29, 0.717) is 5.69 Å². The standard InChI is InChI=1S/C23H15BF10NO3/c1-5-9-10(35(2,3)4)7-6-8-11(9)36-24(37-22-18(31)14(27)12(25)15(28)19(22)32)38-23-20(33)16(29)13(26)17(30)21(23)34/h5-8H,1H2,2-4H3/q+1. The second-order valence-corrected chi connectivity index (χ2v) is 8.35. The molecule has 38 heavy (non-hydrogen) atoms. The maximum absolute atomic E-state index is 14.3. The van der Waals surface area contributed by atoms with Gasteiger partial charge in [0.15, 0.2) is 11.5 Å². The van der Waals surface area contributed by atoms with Gasteiger partial charge in [-0.3, -0.25) is 4.48 Å².